The first-order valence-corrected chi connectivity index (χ1v) is 8.98. The summed E-state index contributed by atoms with van der Waals surface area (Å²) in [5.41, 5.74) is 2.90. The highest BCUT2D eigenvalue weighted by molar-refractivity contribution is 7.68. The van der Waals surface area contributed by atoms with Gasteiger partial charge < -0.3 is 14.2 Å². The van der Waals surface area contributed by atoms with Crippen molar-refractivity contribution in [2.75, 3.05) is 21.3 Å². The molecule has 0 aromatic heterocycles. The Kier molecular flexibility index (Phi) is 4.49. The van der Waals surface area contributed by atoms with Crippen LogP contribution in [0.3, 0.4) is 0 Å². The minimum atomic E-state index is 0.560. The van der Waals surface area contributed by atoms with E-state index in [1.165, 1.54) is 10.5 Å². The van der Waals surface area contributed by atoms with Crippen LogP contribution in [0.1, 0.15) is 5.56 Å². The van der Waals surface area contributed by atoms with Gasteiger partial charge in [-0.1, -0.05) is 10.3 Å². The van der Waals surface area contributed by atoms with Crippen molar-refractivity contribution in [2.24, 2.45) is 4.99 Å². The van der Waals surface area contributed by atoms with Gasteiger partial charge in [-0.05, 0) is 24.6 Å². The van der Waals surface area contributed by atoms with Crippen LogP contribution in [0, 0.1) is 6.92 Å². The van der Waals surface area contributed by atoms with E-state index in [2.05, 4.69) is 4.37 Å². The smallest absolute Gasteiger partial charge is 0.203 e. The zero-order valence-electron chi connectivity index (χ0n) is 13.2. The Morgan fingerprint density at radius 3 is 2.26 bits per heavy atom. The zero-order valence-corrected chi connectivity index (χ0v) is 14.9. The van der Waals surface area contributed by atoms with Crippen LogP contribution in [-0.2, 0) is 0 Å². The Morgan fingerprint density at radius 1 is 0.957 bits per heavy atom. The maximum atomic E-state index is 5.37. The summed E-state index contributed by atoms with van der Waals surface area (Å²) in [5.74, 6) is 1.73. The van der Waals surface area contributed by atoms with E-state index >= 15 is 0 Å². The fourth-order valence-corrected chi connectivity index (χ4v) is 4.25. The number of aryl methyl sites for hydroxylation is 1. The number of ether oxygens (including phenoxy) is 3. The average molecular weight is 348 g/mol. The standard InChI is InChI=1S/C16H16N2O3S2/c1-9-5-10(8-14-15(9)18-23-22-14)17-11-6-12(19-2)16(21-4)13(7-11)20-3/h5-8H,1-4H3. The van der Waals surface area contributed by atoms with Gasteiger partial charge in [-0.25, -0.2) is 4.99 Å². The van der Waals surface area contributed by atoms with Crippen LogP contribution in [0.2, 0.25) is 0 Å². The summed E-state index contributed by atoms with van der Waals surface area (Å²) >= 11 is 0. The lowest BCUT2D eigenvalue weighted by atomic mass is 10.1. The third-order valence-electron chi connectivity index (χ3n) is 3.41. The van der Waals surface area contributed by atoms with E-state index in [4.69, 9.17) is 19.2 Å². The van der Waals surface area contributed by atoms with Gasteiger partial charge in [0.25, 0.3) is 0 Å². The van der Waals surface area contributed by atoms with Crippen molar-refractivity contribution < 1.29 is 14.2 Å². The molecule has 1 aromatic carbocycles. The van der Waals surface area contributed by atoms with Crippen molar-refractivity contribution in [1.82, 2.24) is 4.37 Å². The van der Waals surface area contributed by atoms with E-state index in [-0.39, 0.29) is 0 Å². The van der Waals surface area contributed by atoms with E-state index < -0.39 is 0 Å². The first-order chi connectivity index (χ1) is 11.2. The van der Waals surface area contributed by atoms with Crippen molar-refractivity contribution >= 4 is 26.6 Å². The highest BCUT2D eigenvalue weighted by Gasteiger charge is 2.13. The molecule has 3 rings (SSSR count). The monoisotopic (exact) mass is 348 g/mol. The summed E-state index contributed by atoms with van der Waals surface area (Å²) in [7, 11) is 7.91. The highest BCUT2D eigenvalue weighted by atomic mass is 32.9. The topological polar surface area (TPSA) is 52.9 Å². The first kappa shape index (κ1) is 15.8. The van der Waals surface area contributed by atoms with Crippen molar-refractivity contribution in [3.05, 3.63) is 35.2 Å². The Bertz CT molecular complexity index is 845. The molecule has 1 aromatic rings. The number of benzene rings is 2. The summed E-state index contributed by atoms with van der Waals surface area (Å²) < 4.78 is 20.5. The normalized spacial score (nSPS) is 11.7. The first-order valence-electron chi connectivity index (χ1n) is 6.87. The lowest BCUT2D eigenvalue weighted by Crippen LogP contribution is -2.02. The summed E-state index contributed by atoms with van der Waals surface area (Å²) in [4.78, 5) is 5.83. The quantitative estimate of drug-likeness (QED) is 0.672. The Morgan fingerprint density at radius 2 is 1.65 bits per heavy atom. The molecule has 0 atom stereocenters. The molecule has 0 bridgehead atoms. The fraction of sp³-hybridized carbons (Fsp3) is 0.250. The molecule has 2 aliphatic rings. The molecule has 1 heterocycles. The van der Waals surface area contributed by atoms with Crippen LogP contribution in [0.25, 0.3) is 10.6 Å². The van der Waals surface area contributed by atoms with Crippen molar-refractivity contribution in [2.45, 2.75) is 6.92 Å². The third-order valence-corrected chi connectivity index (χ3v) is 5.22. The second-order valence-electron chi connectivity index (χ2n) is 4.85. The second-order valence-corrected chi connectivity index (χ2v) is 6.74. The molecule has 120 valence electrons. The van der Waals surface area contributed by atoms with Gasteiger partial charge in [0.2, 0.25) is 5.75 Å². The Balaban J connectivity index is 2.16. The minimum Gasteiger partial charge on any atom is -0.493 e. The van der Waals surface area contributed by atoms with Gasteiger partial charge in [0.15, 0.2) is 11.5 Å². The summed E-state index contributed by atoms with van der Waals surface area (Å²) in [5, 5.41) is 0.876. The second kappa shape index (κ2) is 6.55. The van der Waals surface area contributed by atoms with Gasteiger partial charge in [-0.3, -0.25) is 0 Å². The number of methoxy groups -OCH3 is 3. The molecule has 0 N–H and O–H groups in total. The molecule has 0 saturated heterocycles. The van der Waals surface area contributed by atoms with E-state index in [1.807, 2.05) is 31.2 Å². The van der Waals surface area contributed by atoms with Gasteiger partial charge >= 0.3 is 0 Å². The van der Waals surface area contributed by atoms with Crippen LogP contribution < -0.4 is 19.6 Å². The predicted molar refractivity (Wildman–Crippen MR) is 92.7 cm³/mol. The largest absolute Gasteiger partial charge is 0.493 e. The maximum absolute atomic E-state index is 5.37. The van der Waals surface area contributed by atoms with E-state index in [9.17, 15) is 0 Å². The molecule has 0 spiro atoms. The van der Waals surface area contributed by atoms with Crippen LogP contribution in [0.5, 0.6) is 17.2 Å². The van der Waals surface area contributed by atoms with E-state index in [1.54, 1.807) is 31.7 Å². The van der Waals surface area contributed by atoms with Crippen LogP contribution in [0.4, 0.5) is 5.69 Å². The van der Waals surface area contributed by atoms with Gasteiger partial charge in [0, 0.05) is 22.7 Å². The van der Waals surface area contributed by atoms with Gasteiger partial charge in [0.1, 0.15) is 0 Å². The molecule has 0 unspecified atom stereocenters. The highest BCUT2D eigenvalue weighted by Crippen LogP contribution is 2.40. The SMILES string of the molecule is COc1cc(N=c2cc3ssnc-3c(C)c2)cc(OC)c1OC. The van der Waals surface area contributed by atoms with Crippen LogP contribution >= 0.6 is 20.9 Å². The maximum Gasteiger partial charge on any atom is 0.203 e. The molecule has 0 amide bonds. The lowest BCUT2D eigenvalue weighted by molar-refractivity contribution is 0.324. The van der Waals surface area contributed by atoms with Crippen molar-refractivity contribution in [3.63, 3.8) is 0 Å². The molecule has 0 radical (unpaired) electrons. The Labute approximate surface area is 141 Å². The molecule has 5 nitrogen and oxygen atoms in total. The predicted octanol–water partition coefficient (Wildman–Crippen LogP) is 3.88. The zero-order chi connectivity index (χ0) is 16.4. The van der Waals surface area contributed by atoms with Crippen molar-refractivity contribution in [1.29, 1.82) is 0 Å². The molecule has 1 aliphatic heterocycles. The minimum absolute atomic E-state index is 0.560. The number of fused-ring (bicyclic) bond motifs is 1. The molecular weight excluding hydrogens is 332 g/mol. The molecule has 1 aliphatic carbocycles. The number of hydrogen-bond donors (Lipinski definition) is 0. The van der Waals surface area contributed by atoms with E-state index in [0.717, 1.165) is 27.2 Å². The van der Waals surface area contributed by atoms with Crippen LogP contribution in [-0.4, -0.2) is 25.7 Å². The fourth-order valence-electron chi connectivity index (χ4n) is 2.35. The molecular formula is C16H16N2O3S2. The summed E-state index contributed by atoms with van der Waals surface area (Å²) in [6.45, 7) is 2.04. The number of aromatic nitrogens is 1. The number of hydrogen-bond acceptors (Lipinski definition) is 7. The average Bonchev–Trinajstić information content (AvgIpc) is 3.02. The summed E-state index contributed by atoms with van der Waals surface area (Å²) in [6.07, 6.45) is 0. The van der Waals surface area contributed by atoms with Gasteiger partial charge in [0.05, 0.1) is 42.9 Å². The summed E-state index contributed by atoms with van der Waals surface area (Å²) in [6, 6.07) is 7.73. The van der Waals surface area contributed by atoms with Gasteiger partial charge in [-0.15, -0.1) is 0 Å². The van der Waals surface area contributed by atoms with Gasteiger partial charge in [-0.2, -0.15) is 4.37 Å². The number of rotatable bonds is 4. The van der Waals surface area contributed by atoms with Crippen LogP contribution in [0.15, 0.2) is 29.3 Å². The third kappa shape index (κ3) is 3.02. The Hall–Kier alpha value is -2.12. The lowest BCUT2D eigenvalue weighted by Gasteiger charge is -2.12. The van der Waals surface area contributed by atoms with Crippen molar-refractivity contribution in [3.8, 4) is 27.8 Å². The van der Waals surface area contributed by atoms with E-state index in [0.29, 0.717) is 17.2 Å². The molecule has 0 fully saturated rings. The molecule has 7 heteroatoms. The molecule has 23 heavy (non-hydrogen) atoms. The molecule has 0 saturated carbocycles. The number of nitrogens with zero attached hydrogens (tertiary/aromatic N) is 2.